The minimum Gasteiger partial charge on any atom is -0.508 e. The van der Waals surface area contributed by atoms with Crippen LogP contribution in [0.1, 0.15) is 25.1 Å². The fraction of sp³-hybridized carbons (Fsp3) is 0.417. The van der Waals surface area contributed by atoms with Crippen molar-refractivity contribution in [2.75, 3.05) is 13.3 Å². The lowest BCUT2D eigenvalue weighted by Gasteiger charge is -2.37. The molecule has 5 nitrogen and oxygen atoms in total. The first kappa shape index (κ1) is 11.9. The molecule has 1 heterocycles. The van der Waals surface area contributed by atoms with Gasteiger partial charge in [0.2, 0.25) is 5.91 Å². The number of phenolic OH excluding ortho intramolecular Hbond substituents is 1. The Hall–Kier alpha value is -1.59. The lowest BCUT2D eigenvalue weighted by atomic mass is 10.1. The Morgan fingerprint density at radius 1 is 1.47 bits per heavy atom. The molecule has 0 saturated carbocycles. The fourth-order valence-corrected chi connectivity index (χ4v) is 1.94. The van der Waals surface area contributed by atoms with E-state index in [1.54, 1.807) is 17.0 Å². The van der Waals surface area contributed by atoms with E-state index in [2.05, 4.69) is 10.6 Å². The Bertz CT molecular complexity index is 391. The van der Waals surface area contributed by atoms with Gasteiger partial charge in [0.25, 0.3) is 0 Å². The van der Waals surface area contributed by atoms with E-state index in [1.165, 1.54) is 0 Å². The zero-order valence-electron chi connectivity index (χ0n) is 9.81. The lowest BCUT2D eigenvalue weighted by Crippen LogP contribution is -2.54. The molecular weight excluding hydrogens is 218 g/mol. The summed E-state index contributed by atoms with van der Waals surface area (Å²) < 4.78 is 0. The number of benzene rings is 1. The second kappa shape index (κ2) is 5.16. The number of carbonyl (C=O) groups excluding carboxylic acids is 1. The van der Waals surface area contributed by atoms with Crippen molar-refractivity contribution in [2.24, 2.45) is 0 Å². The maximum absolute atomic E-state index is 11.8. The SMILES string of the molecule is CCC(=O)N1CNCNC1c1ccc(O)cc1. The third kappa shape index (κ3) is 2.57. The first-order valence-corrected chi connectivity index (χ1v) is 5.75. The Kier molecular flexibility index (Phi) is 3.61. The molecule has 0 aliphatic carbocycles. The molecule has 1 aliphatic heterocycles. The average Bonchev–Trinajstić information content (AvgIpc) is 2.39. The Morgan fingerprint density at radius 3 is 2.82 bits per heavy atom. The van der Waals surface area contributed by atoms with Crippen molar-refractivity contribution in [3.05, 3.63) is 29.8 Å². The molecule has 0 aromatic heterocycles. The highest BCUT2D eigenvalue weighted by Gasteiger charge is 2.26. The summed E-state index contributed by atoms with van der Waals surface area (Å²) in [6.45, 7) is 3.06. The van der Waals surface area contributed by atoms with Crippen molar-refractivity contribution >= 4 is 5.91 Å². The predicted octanol–water partition coefficient (Wildman–Crippen LogP) is 0.737. The number of nitrogens with zero attached hydrogens (tertiary/aromatic N) is 1. The monoisotopic (exact) mass is 235 g/mol. The van der Waals surface area contributed by atoms with Gasteiger partial charge >= 0.3 is 0 Å². The maximum atomic E-state index is 11.8. The summed E-state index contributed by atoms with van der Waals surface area (Å²) in [5.41, 5.74) is 0.978. The maximum Gasteiger partial charge on any atom is 0.224 e. The smallest absolute Gasteiger partial charge is 0.224 e. The van der Waals surface area contributed by atoms with Crippen molar-refractivity contribution < 1.29 is 9.90 Å². The van der Waals surface area contributed by atoms with Crippen molar-refractivity contribution in [1.82, 2.24) is 15.5 Å². The minimum atomic E-state index is -0.121. The van der Waals surface area contributed by atoms with Crippen LogP contribution in [-0.4, -0.2) is 29.3 Å². The zero-order chi connectivity index (χ0) is 12.3. The fourth-order valence-electron chi connectivity index (χ4n) is 1.94. The molecule has 92 valence electrons. The first-order chi connectivity index (χ1) is 8.22. The standard InChI is InChI=1S/C12H17N3O2/c1-2-11(17)15-8-13-7-14-12(15)9-3-5-10(16)6-4-9/h3-6,12-14,16H,2,7-8H2,1H3. The van der Waals surface area contributed by atoms with Gasteiger partial charge in [-0.15, -0.1) is 0 Å². The molecule has 17 heavy (non-hydrogen) atoms. The van der Waals surface area contributed by atoms with E-state index in [-0.39, 0.29) is 17.8 Å². The van der Waals surface area contributed by atoms with Crippen LogP contribution in [0.15, 0.2) is 24.3 Å². The molecule has 0 radical (unpaired) electrons. The summed E-state index contributed by atoms with van der Waals surface area (Å²) in [4.78, 5) is 13.6. The molecule has 1 fully saturated rings. The van der Waals surface area contributed by atoms with E-state index in [0.29, 0.717) is 19.8 Å². The van der Waals surface area contributed by atoms with E-state index in [9.17, 15) is 9.90 Å². The third-order valence-corrected chi connectivity index (χ3v) is 2.85. The van der Waals surface area contributed by atoms with E-state index >= 15 is 0 Å². The van der Waals surface area contributed by atoms with Crippen LogP contribution in [0.5, 0.6) is 5.75 Å². The Labute approximate surface area is 100 Å². The summed E-state index contributed by atoms with van der Waals surface area (Å²) in [5, 5.41) is 15.6. The van der Waals surface area contributed by atoms with Gasteiger partial charge in [0.05, 0.1) is 6.67 Å². The van der Waals surface area contributed by atoms with Gasteiger partial charge in [0.1, 0.15) is 11.9 Å². The van der Waals surface area contributed by atoms with Crippen LogP contribution >= 0.6 is 0 Å². The molecule has 1 saturated heterocycles. The van der Waals surface area contributed by atoms with E-state index in [4.69, 9.17) is 0 Å². The molecule has 0 bridgehead atoms. The van der Waals surface area contributed by atoms with E-state index < -0.39 is 0 Å². The number of amides is 1. The van der Waals surface area contributed by atoms with Crippen LogP contribution in [0.3, 0.4) is 0 Å². The molecular formula is C12H17N3O2. The number of phenols is 1. The minimum absolute atomic E-state index is 0.0998. The van der Waals surface area contributed by atoms with Crippen LogP contribution in [0.4, 0.5) is 0 Å². The van der Waals surface area contributed by atoms with Crippen molar-refractivity contribution in [2.45, 2.75) is 19.5 Å². The summed E-state index contributed by atoms with van der Waals surface area (Å²) in [7, 11) is 0. The molecule has 1 amide bonds. The van der Waals surface area contributed by atoms with Gasteiger partial charge < -0.3 is 10.0 Å². The number of aromatic hydroxyl groups is 1. The molecule has 0 spiro atoms. The van der Waals surface area contributed by atoms with Crippen LogP contribution in [0.25, 0.3) is 0 Å². The normalized spacial score (nSPS) is 20.3. The topological polar surface area (TPSA) is 64.6 Å². The molecule has 1 aliphatic rings. The van der Waals surface area contributed by atoms with Crippen LogP contribution < -0.4 is 10.6 Å². The van der Waals surface area contributed by atoms with Gasteiger partial charge in [-0.25, -0.2) is 0 Å². The molecule has 5 heteroatoms. The van der Waals surface area contributed by atoms with Crippen molar-refractivity contribution in [3.8, 4) is 5.75 Å². The number of hydrogen-bond donors (Lipinski definition) is 3. The van der Waals surface area contributed by atoms with Crippen LogP contribution in [0, 0.1) is 0 Å². The van der Waals surface area contributed by atoms with Crippen molar-refractivity contribution in [1.29, 1.82) is 0 Å². The van der Waals surface area contributed by atoms with Crippen LogP contribution in [0.2, 0.25) is 0 Å². The van der Waals surface area contributed by atoms with Gasteiger partial charge in [-0.3, -0.25) is 15.4 Å². The molecule has 1 aromatic rings. The summed E-state index contributed by atoms with van der Waals surface area (Å²) in [5.74, 6) is 0.332. The van der Waals surface area contributed by atoms with E-state index in [1.807, 2.05) is 19.1 Å². The number of nitrogens with one attached hydrogen (secondary N) is 2. The van der Waals surface area contributed by atoms with Gasteiger partial charge in [0.15, 0.2) is 0 Å². The highest BCUT2D eigenvalue weighted by atomic mass is 16.3. The summed E-state index contributed by atoms with van der Waals surface area (Å²) in [6, 6.07) is 6.92. The highest BCUT2D eigenvalue weighted by Crippen LogP contribution is 2.21. The van der Waals surface area contributed by atoms with Gasteiger partial charge in [-0.2, -0.15) is 0 Å². The zero-order valence-corrected chi connectivity index (χ0v) is 9.81. The van der Waals surface area contributed by atoms with Gasteiger partial charge in [-0.05, 0) is 17.7 Å². The predicted molar refractivity (Wildman–Crippen MR) is 64.0 cm³/mol. The van der Waals surface area contributed by atoms with Crippen molar-refractivity contribution in [3.63, 3.8) is 0 Å². The van der Waals surface area contributed by atoms with Gasteiger partial charge in [-0.1, -0.05) is 19.1 Å². The molecule has 1 atom stereocenters. The Morgan fingerprint density at radius 2 is 2.18 bits per heavy atom. The quantitative estimate of drug-likeness (QED) is 0.707. The average molecular weight is 235 g/mol. The highest BCUT2D eigenvalue weighted by molar-refractivity contribution is 5.76. The first-order valence-electron chi connectivity index (χ1n) is 5.75. The summed E-state index contributed by atoms with van der Waals surface area (Å²) >= 11 is 0. The molecule has 1 unspecified atom stereocenters. The Balaban J connectivity index is 2.21. The lowest BCUT2D eigenvalue weighted by molar-refractivity contribution is -0.136. The third-order valence-electron chi connectivity index (χ3n) is 2.85. The molecule has 2 rings (SSSR count). The second-order valence-corrected chi connectivity index (χ2v) is 4.00. The number of carbonyl (C=O) groups is 1. The van der Waals surface area contributed by atoms with Gasteiger partial charge in [0, 0.05) is 13.1 Å². The molecule has 1 aromatic carbocycles. The summed E-state index contributed by atoms with van der Waals surface area (Å²) in [6.07, 6.45) is 0.363. The van der Waals surface area contributed by atoms with Crippen LogP contribution in [-0.2, 0) is 4.79 Å². The second-order valence-electron chi connectivity index (χ2n) is 4.00. The number of hydrogen-bond acceptors (Lipinski definition) is 4. The van der Waals surface area contributed by atoms with E-state index in [0.717, 1.165) is 5.56 Å². The number of rotatable bonds is 2. The molecule has 3 N–H and O–H groups in total. The largest absolute Gasteiger partial charge is 0.508 e.